The molecule has 0 fully saturated rings. The van der Waals surface area contributed by atoms with Crippen molar-refractivity contribution in [2.24, 2.45) is 0 Å². The molecule has 2 heterocycles. The quantitative estimate of drug-likeness (QED) is 0.819. The Morgan fingerprint density at radius 2 is 1.85 bits per heavy atom. The minimum atomic E-state index is -0.0940. The average molecular weight is 358 g/mol. The van der Waals surface area contributed by atoms with Crippen LogP contribution in [-0.2, 0) is 13.0 Å². The van der Waals surface area contributed by atoms with Crippen molar-refractivity contribution in [3.8, 4) is 11.5 Å². The number of nitrogens with zero attached hydrogens (tertiary/aromatic N) is 3. The van der Waals surface area contributed by atoms with E-state index in [1.165, 1.54) is 11.1 Å². The summed E-state index contributed by atoms with van der Waals surface area (Å²) in [4.78, 5) is 11.3. The molecule has 7 nitrogen and oxygen atoms in total. The zero-order chi connectivity index (χ0) is 18.7. The van der Waals surface area contributed by atoms with Gasteiger partial charge in [0, 0.05) is 30.9 Å². The molecule has 0 radical (unpaired) electrons. The Kier molecular flexibility index (Phi) is 5.46. The molecule has 1 aromatic carbocycles. The van der Waals surface area contributed by atoms with E-state index in [9.17, 15) is 5.11 Å². The lowest BCUT2D eigenvalue weighted by Gasteiger charge is -2.31. The summed E-state index contributed by atoms with van der Waals surface area (Å²) in [6.45, 7) is 5.49. The standard InChI is InChI=1S/C19H26N4O3/c1-12-7-18(22-19(20-12)21-13(2)11-24)23-6-5-14-8-16(25-3)17(26-4)9-15(14)10-23/h7-9,13,24H,5-6,10-11H2,1-4H3,(H,20,21,22)/t13-/m0/s1. The molecule has 0 aliphatic carbocycles. The number of hydrogen-bond donors (Lipinski definition) is 2. The van der Waals surface area contributed by atoms with Crippen LogP contribution in [0.3, 0.4) is 0 Å². The van der Waals surface area contributed by atoms with E-state index in [1.807, 2.05) is 26.0 Å². The number of nitrogens with one attached hydrogen (secondary N) is 1. The average Bonchev–Trinajstić information content (AvgIpc) is 2.65. The van der Waals surface area contributed by atoms with E-state index < -0.39 is 0 Å². The zero-order valence-corrected chi connectivity index (χ0v) is 15.7. The molecule has 0 unspecified atom stereocenters. The summed E-state index contributed by atoms with van der Waals surface area (Å²) in [6.07, 6.45) is 0.911. The molecule has 1 aliphatic heterocycles. The maximum Gasteiger partial charge on any atom is 0.225 e. The van der Waals surface area contributed by atoms with Gasteiger partial charge in [0.05, 0.1) is 20.8 Å². The molecule has 1 atom stereocenters. The summed E-state index contributed by atoms with van der Waals surface area (Å²) in [6, 6.07) is 6.00. The lowest BCUT2D eigenvalue weighted by molar-refractivity contribution is 0.281. The number of aryl methyl sites for hydroxylation is 1. The maximum atomic E-state index is 9.23. The van der Waals surface area contributed by atoms with Gasteiger partial charge in [-0.2, -0.15) is 4.98 Å². The fourth-order valence-corrected chi connectivity index (χ4v) is 3.12. The third-order valence-corrected chi connectivity index (χ3v) is 4.53. The van der Waals surface area contributed by atoms with Crippen molar-refractivity contribution in [2.45, 2.75) is 32.9 Å². The number of aliphatic hydroxyl groups excluding tert-OH is 1. The topological polar surface area (TPSA) is 79.7 Å². The molecular formula is C19H26N4O3. The Hall–Kier alpha value is -2.54. The Morgan fingerprint density at radius 1 is 1.15 bits per heavy atom. The van der Waals surface area contributed by atoms with Gasteiger partial charge in [-0.1, -0.05) is 0 Å². The summed E-state index contributed by atoms with van der Waals surface area (Å²) >= 11 is 0. The minimum absolute atomic E-state index is 0.0331. The van der Waals surface area contributed by atoms with E-state index in [0.717, 1.165) is 42.5 Å². The number of hydrogen-bond acceptors (Lipinski definition) is 7. The number of ether oxygens (including phenoxy) is 2. The molecule has 2 aromatic rings. The van der Waals surface area contributed by atoms with Gasteiger partial charge in [-0.25, -0.2) is 4.98 Å². The lowest BCUT2D eigenvalue weighted by atomic mass is 9.99. The van der Waals surface area contributed by atoms with Crippen LogP contribution in [0.1, 0.15) is 23.7 Å². The summed E-state index contributed by atoms with van der Waals surface area (Å²) in [5, 5.41) is 12.4. The highest BCUT2D eigenvalue weighted by molar-refractivity contribution is 5.53. The zero-order valence-electron chi connectivity index (χ0n) is 15.7. The minimum Gasteiger partial charge on any atom is -0.493 e. The lowest BCUT2D eigenvalue weighted by Crippen LogP contribution is -2.31. The normalized spacial score (nSPS) is 14.6. The van der Waals surface area contributed by atoms with Crippen LogP contribution in [0.4, 0.5) is 11.8 Å². The smallest absolute Gasteiger partial charge is 0.225 e. The molecule has 7 heteroatoms. The van der Waals surface area contributed by atoms with E-state index in [4.69, 9.17) is 9.47 Å². The van der Waals surface area contributed by atoms with Crippen LogP contribution in [0.2, 0.25) is 0 Å². The first-order valence-electron chi connectivity index (χ1n) is 8.75. The predicted molar refractivity (Wildman–Crippen MR) is 101 cm³/mol. The van der Waals surface area contributed by atoms with E-state index in [2.05, 4.69) is 26.3 Å². The fourth-order valence-electron chi connectivity index (χ4n) is 3.12. The summed E-state index contributed by atoms with van der Waals surface area (Å²) in [5.41, 5.74) is 3.38. The van der Waals surface area contributed by atoms with E-state index in [1.54, 1.807) is 14.2 Å². The molecule has 0 bridgehead atoms. The van der Waals surface area contributed by atoms with Gasteiger partial charge in [-0.3, -0.25) is 0 Å². The van der Waals surface area contributed by atoms with E-state index >= 15 is 0 Å². The van der Waals surface area contributed by atoms with Crippen molar-refractivity contribution in [1.82, 2.24) is 9.97 Å². The maximum absolute atomic E-state index is 9.23. The molecule has 140 valence electrons. The third-order valence-electron chi connectivity index (χ3n) is 4.53. The second-order valence-electron chi connectivity index (χ2n) is 6.57. The Morgan fingerprint density at radius 3 is 2.50 bits per heavy atom. The highest BCUT2D eigenvalue weighted by atomic mass is 16.5. The molecule has 0 spiro atoms. The first-order chi connectivity index (χ1) is 12.5. The second-order valence-corrected chi connectivity index (χ2v) is 6.57. The Bertz CT molecular complexity index is 782. The number of methoxy groups -OCH3 is 2. The molecule has 1 aromatic heterocycles. The van der Waals surface area contributed by atoms with Crippen molar-refractivity contribution in [1.29, 1.82) is 0 Å². The molecule has 1 aliphatic rings. The molecule has 2 N–H and O–H groups in total. The highest BCUT2D eigenvalue weighted by Crippen LogP contribution is 2.34. The van der Waals surface area contributed by atoms with Crippen LogP contribution in [-0.4, -0.2) is 48.5 Å². The fraction of sp³-hybridized carbons (Fsp3) is 0.474. The van der Waals surface area contributed by atoms with Gasteiger partial charge < -0.3 is 24.8 Å². The first kappa shape index (κ1) is 18.3. The summed E-state index contributed by atoms with van der Waals surface area (Å²) in [5.74, 6) is 2.93. The van der Waals surface area contributed by atoms with Gasteiger partial charge in [0.15, 0.2) is 11.5 Å². The van der Waals surface area contributed by atoms with Gasteiger partial charge >= 0.3 is 0 Å². The van der Waals surface area contributed by atoms with Gasteiger partial charge in [-0.15, -0.1) is 0 Å². The van der Waals surface area contributed by atoms with Crippen LogP contribution in [0.5, 0.6) is 11.5 Å². The van der Waals surface area contributed by atoms with Crippen molar-refractivity contribution in [3.05, 3.63) is 35.0 Å². The monoisotopic (exact) mass is 358 g/mol. The molecular weight excluding hydrogens is 332 g/mol. The molecule has 0 amide bonds. The number of rotatable bonds is 6. The van der Waals surface area contributed by atoms with Crippen molar-refractivity contribution < 1.29 is 14.6 Å². The van der Waals surface area contributed by atoms with Gasteiger partial charge in [0.2, 0.25) is 5.95 Å². The van der Waals surface area contributed by atoms with Crippen LogP contribution in [0.15, 0.2) is 18.2 Å². The van der Waals surface area contributed by atoms with Crippen molar-refractivity contribution >= 4 is 11.8 Å². The van der Waals surface area contributed by atoms with Gasteiger partial charge in [0.25, 0.3) is 0 Å². The van der Waals surface area contributed by atoms with Crippen molar-refractivity contribution in [2.75, 3.05) is 37.6 Å². The predicted octanol–water partition coefficient (Wildman–Crippen LogP) is 2.16. The number of aromatic nitrogens is 2. The van der Waals surface area contributed by atoms with Gasteiger partial charge in [-0.05, 0) is 43.5 Å². The summed E-state index contributed by atoms with van der Waals surface area (Å²) in [7, 11) is 3.31. The molecule has 3 rings (SSSR count). The number of aliphatic hydroxyl groups is 1. The number of benzene rings is 1. The SMILES string of the molecule is COc1cc2c(cc1OC)CN(c1cc(C)nc(N[C@@H](C)CO)n1)CC2. The Labute approximate surface area is 154 Å². The summed E-state index contributed by atoms with van der Waals surface area (Å²) < 4.78 is 10.8. The third kappa shape index (κ3) is 3.83. The highest BCUT2D eigenvalue weighted by Gasteiger charge is 2.21. The van der Waals surface area contributed by atoms with Crippen molar-refractivity contribution in [3.63, 3.8) is 0 Å². The van der Waals surface area contributed by atoms with Crippen LogP contribution in [0.25, 0.3) is 0 Å². The first-order valence-corrected chi connectivity index (χ1v) is 8.75. The van der Waals surface area contributed by atoms with Gasteiger partial charge in [0.1, 0.15) is 5.82 Å². The van der Waals surface area contributed by atoms with E-state index in [-0.39, 0.29) is 12.6 Å². The number of fused-ring (bicyclic) bond motifs is 1. The molecule has 0 saturated heterocycles. The Balaban J connectivity index is 1.86. The largest absolute Gasteiger partial charge is 0.493 e. The second kappa shape index (κ2) is 7.78. The molecule has 0 saturated carbocycles. The number of anilines is 2. The van der Waals surface area contributed by atoms with E-state index in [0.29, 0.717) is 5.95 Å². The van der Waals surface area contributed by atoms with Crippen LogP contribution < -0.4 is 19.7 Å². The molecule has 26 heavy (non-hydrogen) atoms. The van der Waals surface area contributed by atoms with Crippen LogP contribution >= 0.6 is 0 Å². The van der Waals surface area contributed by atoms with Crippen LogP contribution in [0, 0.1) is 6.92 Å².